The Hall–Kier alpha value is -1.96. The smallest absolute Gasteiger partial charge is 0.449 e. The number of nitrogens with zero attached hydrogens (tertiary/aromatic N) is 2. The van der Waals surface area contributed by atoms with Crippen LogP contribution >= 0.6 is 0 Å². The van der Waals surface area contributed by atoms with E-state index in [2.05, 4.69) is 4.98 Å². The van der Waals surface area contributed by atoms with Crippen molar-refractivity contribution in [2.24, 2.45) is 0 Å². The molecule has 0 amide bonds. The van der Waals surface area contributed by atoms with Gasteiger partial charge < -0.3 is 19.1 Å². The second-order valence-corrected chi connectivity index (χ2v) is 4.00. The number of imidazole rings is 1. The second kappa shape index (κ2) is 5.20. The first-order valence-electron chi connectivity index (χ1n) is 5.72. The summed E-state index contributed by atoms with van der Waals surface area (Å²) in [5.74, 6) is -0.466. The Morgan fingerprint density at radius 1 is 1.20 bits per heavy atom. The summed E-state index contributed by atoms with van der Waals surface area (Å²) in [6, 6.07) is 2.78. The first-order chi connectivity index (χ1) is 9.42. The number of rotatable bonds is 4. The van der Waals surface area contributed by atoms with E-state index >= 15 is 0 Å². The molecule has 5 nitrogen and oxygen atoms in total. The van der Waals surface area contributed by atoms with Crippen LogP contribution in [0, 0.1) is 0 Å². The lowest BCUT2D eigenvalue weighted by Gasteiger charge is -2.11. The minimum atomic E-state index is -4.60. The van der Waals surface area contributed by atoms with Gasteiger partial charge in [0.05, 0.1) is 31.9 Å². The van der Waals surface area contributed by atoms with Crippen LogP contribution in [0.5, 0.6) is 11.5 Å². The van der Waals surface area contributed by atoms with Gasteiger partial charge in [-0.15, -0.1) is 0 Å². The minimum Gasteiger partial charge on any atom is -0.493 e. The number of fused-ring (bicyclic) bond motifs is 1. The van der Waals surface area contributed by atoms with Crippen molar-refractivity contribution in [2.45, 2.75) is 12.7 Å². The SMILES string of the molecule is COc1cc2nc(C(F)(F)F)n(CCO)c2cc1OC. The standard InChI is InChI=1S/C12H13F3N2O3/c1-19-9-5-7-8(6-10(9)20-2)17(3-4-18)11(16-7)12(13,14)15/h5-6,18H,3-4H2,1-2H3. The molecule has 1 heterocycles. The maximum absolute atomic E-state index is 12.9. The van der Waals surface area contributed by atoms with Gasteiger partial charge in [0, 0.05) is 18.7 Å². The second-order valence-electron chi connectivity index (χ2n) is 4.00. The fraction of sp³-hybridized carbons (Fsp3) is 0.417. The molecule has 20 heavy (non-hydrogen) atoms. The third kappa shape index (κ3) is 2.38. The van der Waals surface area contributed by atoms with E-state index in [1.54, 1.807) is 0 Å². The van der Waals surface area contributed by atoms with Crippen LogP contribution in [0.25, 0.3) is 11.0 Å². The molecule has 2 aromatic rings. The molecular weight excluding hydrogens is 277 g/mol. The van der Waals surface area contributed by atoms with E-state index in [0.29, 0.717) is 11.5 Å². The molecule has 0 aliphatic carbocycles. The number of alkyl halides is 3. The van der Waals surface area contributed by atoms with E-state index in [0.717, 1.165) is 4.57 Å². The summed E-state index contributed by atoms with van der Waals surface area (Å²) >= 11 is 0. The molecule has 1 N–H and O–H groups in total. The maximum atomic E-state index is 12.9. The highest BCUT2D eigenvalue weighted by molar-refractivity contribution is 5.80. The fourth-order valence-corrected chi connectivity index (χ4v) is 1.99. The Balaban J connectivity index is 2.74. The predicted molar refractivity (Wildman–Crippen MR) is 64.9 cm³/mol. The van der Waals surface area contributed by atoms with Crippen LogP contribution in [0.2, 0.25) is 0 Å². The molecule has 2 rings (SSSR count). The summed E-state index contributed by atoms with van der Waals surface area (Å²) in [4.78, 5) is 3.58. The van der Waals surface area contributed by atoms with Crippen LogP contribution in [-0.2, 0) is 12.7 Å². The van der Waals surface area contributed by atoms with E-state index in [-0.39, 0.29) is 17.6 Å². The van der Waals surface area contributed by atoms with Crippen LogP contribution in [-0.4, -0.2) is 35.5 Å². The number of benzene rings is 1. The van der Waals surface area contributed by atoms with Crippen LogP contribution in [0.15, 0.2) is 12.1 Å². The van der Waals surface area contributed by atoms with Crippen molar-refractivity contribution in [1.29, 1.82) is 0 Å². The van der Waals surface area contributed by atoms with Crippen molar-refractivity contribution in [3.63, 3.8) is 0 Å². The van der Waals surface area contributed by atoms with E-state index in [1.165, 1.54) is 26.4 Å². The Kier molecular flexibility index (Phi) is 3.76. The summed E-state index contributed by atoms with van der Waals surface area (Å²) in [5.41, 5.74) is 0.354. The van der Waals surface area contributed by atoms with Gasteiger partial charge in [0.15, 0.2) is 11.5 Å². The number of hydrogen-bond donors (Lipinski definition) is 1. The third-order valence-electron chi connectivity index (χ3n) is 2.83. The average Bonchev–Trinajstić information content (AvgIpc) is 2.75. The summed E-state index contributed by atoms with van der Waals surface area (Å²) < 4.78 is 49.9. The lowest BCUT2D eigenvalue weighted by atomic mass is 10.2. The number of aromatic nitrogens is 2. The van der Waals surface area contributed by atoms with Crippen molar-refractivity contribution in [3.05, 3.63) is 18.0 Å². The van der Waals surface area contributed by atoms with Gasteiger partial charge in [-0.2, -0.15) is 13.2 Å². The summed E-state index contributed by atoms with van der Waals surface area (Å²) in [5, 5.41) is 8.94. The van der Waals surface area contributed by atoms with Gasteiger partial charge in [0.2, 0.25) is 5.82 Å². The van der Waals surface area contributed by atoms with Crippen molar-refractivity contribution in [2.75, 3.05) is 20.8 Å². The molecular formula is C12H13F3N2O3. The highest BCUT2D eigenvalue weighted by Gasteiger charge is 2.37. The molecule has 0 aliphatic rings. The summed E-state index contributed by atoms with van der Waals surface area (Å²) in [6.07, 6.45) is -4.60. The molecule has 8 heteroatoms. The molecule has 0 saturated carbocycles. The van der Waals surface area contributed by atoms with E-state index in [4.69, 9.17) is 14.6 Å². The van der Waals surface area contributed by atoms with Crippen LogP contribution in [0.3, 0.4) is 0 Å². The predicted octanol–water partition coefficient (Wildman–Crippen LogP) is 2.06. The van der Waals surface area contributed by atoms with Crippen molar-refractivity contribution in [1.82, 2.24) is 9.55 Å². The van der Waals surface area contributed by atoms with Gasteiger partial charge in [-0.3, -0.25) is 0 Å². The largest absolute Gasteiger partial charge is 0.493 e. The molecule has 0 atom stereocenters. The summed E-state index contributed by atoms with van der Waals surface area (Å²) in [7, 11) is 2.78. The molecule has 0 spiro atoms. The zero-order valence-electron chi connectivity index (χ0n) is 10.9. The lowest BCUT2D eigenvalue weighted by Crippen LogP contribution is -2.16. The molecule has 0 unspecified atom stereocenters. The lowest BCUT2D eigenvalue weighted by molar-refractivity contribution is -0.147. The van der Waals surface area contributed by atoms with Crippen molar-refractivity contribution >= 4 is 11.0 Å². The number of methoxy groups -OCH3 is 2. The number of aliphatic hydroxyl groups excluding tert-OH is 1. The Labute approximate surface area is 112 Å². The number of aliphatic hydroxyl groups is 1. The molecule has 0 saturated heterocycles. The fourth-order valence-electron chi connectivity index (χ4n) is 1.99. The average molecular weight is 290 g/mol. The van der Waals surface area contributed by atoms with E-state index in [9.17, 15) is 13.2 Å². The number of hydrogen-bond acceptors (Lipinski definition) is 4. The molecule has 0 bridgehead atoms. The zero-order chi connectivity index (χ0) is 14.9. The highest BCUT2D eigenvalue weighted by Crippen LogP contribution is 2.36. The zero-order valence-corrected chi connectivity index (χ0v) is 10.9. The quantitative estimate of drug-likeness (QED) is 0.936. The van der Waals surface area contributed by atoms with Crippen LogP contribution in [0.4, 0.5) is 13.2 Å². The molecule has 0 radical (unpaired) electrons. The van der Waals surface area contributed by atoms with Crippen LogP contribution < -0.4 is 9.47 Å². The third-order valence-corrected chi connectivity index (χ3v) is 2.83. The van der Waals surface area contributed by atoms with Crippen LogP contribution in [0.1, 0.15) is 5.82 Å². The molecule has 110 valence electrons. The topological polar surface area (TPSA) is 56.5 Å². The van der Waals surface area contributed by atoms with Gasteiger partial charge in [-0.1, -0.05) is 0 Å². The normalized spacial score (nSPS) is 11.9. The Bertz CT molecular complexity index is 622. The van der Waals surface area contributed by atoms with Crippen molar-refractivity contribution in [3.8, 4) is 11.5 Å². The molecule has 0 fully saturated rings. The van der Waals surface area contributed by atoms with Gasteiger partial charge in [-0.25, -0.2) is 4.98 Å². The van der Waals surface area contributed by atoms with Gasteiger partial charge >= 0.3 is 6.18 Å². The van der Waals surface area contributed by atoms with Gasteiger partial charge in [-0.05, 0) is 0 Å². The Morgan fingerprint density at radius 3 is 2.30 bits per heavy atom. The monoisotopic (exact) mass is 290 g/mol. The van der Waals surface area contributed by atoms with Gasteiger partial charge in [0.25, 0.3) is 0 Å². The molecule has 0 aliphatic heterocycles. The molecule has 1 aromatic carbocycles. The highest BCUT2D eigenvalue weighted by atomic mass is 19.4. The number of halogens is 3. The Morgan fingerprint density at radius 2 is 1.80 bits per heavy atom. The first-order valence-corrected chi connectivity index (χ1v) is 5.72. The molecule has 1 aromatic heterocycles. The summed E-state index contributed by atoms with van der Waals surface area (Å²) in [6.45, 7) is -0.635. The van der Waals surface area contributed by atoms with E-state index < -0.39 is 18.6 Å². The van der Waals surface area contributed by atoms with Crippen molar-refractivity contribution < 1.29 is 27.8 Å². The maximum Gasteiger partial charge on any atom is 0.449 e. The number of ether oxygens (including phenoxy) is 2. The minimum absolute atomic E-state index is 0.128. The van der Waals surface area contributed by atoms with E-state index in [1.807, 2.05) is 0 Å². The van der Waals surface area contributed by atoms with Gasteiger partial charge in [0.1, 0.15) is 0 Å². The first kappa shape index (κ1) is 14.4.